The summed E-state index contributed by atoms with van der Waals surface area (Å²) in [4.78, 5) is 21.5. The number of nitrogens with zero attached hydrogens (tertiary/aromatic N) is 3. The molecule has 1 aromatic rings. The second kappa shape index (κ2) is 2.75. The van der Waals surface area contributed by atoms with Crippen LogP contribution in [0.2, 0.25) is 0 Å². The second-order valence-electron chi connectivity index (χ2n) is 1.85. The number of rotatable bonds is 0. The molecule has 11 heavy (non-hydrogen) atoms. The van der Waals surface area contributed by atoms with Gasteiger partial charge in [0, 0.05) is 6.20 Å². The van der Waals surface area contributed by atoms with Gasteiger partial charge >= 0.3 is 6.03 Å². The normalized spacial score (nSPS) is 12.5. The molecule has 0 aromatic carbocycles. The molecule has 1 aliphatic heterocycles. The third-order valence-electron chi connectivity index (χ3n) is 1.18. The molecular formula is C6H4ClN3O. The van der Waals surface area contributed by atoms with Crippen molar-refractivity contribution in [1.29, 1.82) is 0 Å². The lowest BCUT2D eigenvalue weighted by molar-refractivity contribution is 0.256. The Morgan fingerprint density at radius 3 is 2.82 bits per heavy atom. The SMILES string of the molecule is Cl.O=C1N=c2cccnc2=N1. The van der Waals surface area contributed by atoms with E-state index >= 15 is 0 Å². The number of carbonyl (C=O) groups is 1. The molecule has 0 unspecified atom stereocenters. The van der Waals surface area contributed by atoms with Gasteiger partial charge in [-0.1, -0.05) is 0 Å². The van der Waals surface area contributed by atoms with Gasteiger partial charge in [0.25, 0.3) is 0 Å². The average Bonchev–Trinajstić information content (AvgIpc) is 2.27. The quantitative estimate of drug-likeness (QED) is 0.544. The zero-order valence-electron chi connectivity index (χ0n) is 5.39. The minimum absolute atomic E-state index is 0. The number of hydrogen-bond donors (Lipinski definition) is 0. The highest BCUT2D eigenvalue weighted by molar-refractivity contribution is 5.85. The van der Waals surface area contributed by atoms with Gasteiger partial charge in [0.15, 0.2) is 5.49 Å². The standard InChI is InChI=1S/C6H3N3O.ClH/c10-6-8-4-2-1-3-7-5(4)9-6;/h1-3H;1H. The molecule has 1 aromatic heterocycles. The molecule has 0 atom stereocenters. The van der Waals surface area contributed by atoms with Crippen molar-refractivity contribution in [3.63, 3.8) is 0 Å². The Hall–Kier alpha value is -1.29. The third-order valence-corrected chi connectivity index (χ3v) is 1.18. The van der Waals surface area contributed by atoms with E-state index in [1.165, 1.54) is 0 Å². The van der Waals surface area contributed by atoms with Crippen LogP contribution in [0.1, 0.15) is 0 Å². The van der Waals surface area contributed by atoms with Crippen molar-refractivity contribution in [1.82, 2.24) is 4.98 Å². The van der Waals surface area contributed by atoms with E-state index in [2.05, 4.69) is 15.0 Å². The van der Waals surface area contributed by atoms with Gasteiger partial charge in [-0.25, -0.2) is 9.78 Å². The average molecular weight is 170 g/mol. The fraction of sp³-hybridized carbons (Fsp3) is 0. The smallest absolute Gasteiger partial charge is 0.244 e. The van der Waals surface area contributed by atoms with Crippen molar-refractivity contribution < 1.29 is 4.79 Å². The number of carbonyl (C=O) groups excluding carboxylic acids is 1. The molecule has 0 spiro atoms. The van der Waals surface area contributed by atoms with E-state index in [4.69, 9.17) is 0 Å². The number of aromatic nitrogens is 1. The van der Waals surface area contributed by atoms with Crippen LogP contribution in [-0.4, -0.2) is 11.0 Å². The van der Waals surface area contributed by atoms with Gasteiger partial charge in [0.2, 0.25) is 0 Å². The Labute approximate surface area is 68.1 Å². The minimum Gasteiger partial charge on any atom is -0.244 e. The number of halogens is 1. The van der Waals surface area contributed by atoms with Crippen molar-refractivity contribution in [3.05, 3.63) is 29.2 Å². The number of hydrogen-bond acceptors (Lipinski definition) is 2. The molecule has 56 valence electrons. The lowest BCUT2D eigenvalue weighted by Gasteiger charge is -1.74. The van der Waals surface area contributed by atoms with Crippen molar-refractivity contribution in [2.75, 3.05) is 0 Å². The zero-order chi connectivity index (χ0) is 6.97. The zero-order valence-corrected chi connectivity index (χ0v) is 6.21. The van der Waals surface area contributed by atoms with Crippen LogP contribution in [0.15, 0.2) is 28.3 Å². The first-order chi connectivity index (χ1) is 4.86. The number of urea groups is 1. The molecule has 0 radical (unpaired) electrons. The summed E-state index contributed by atoms with van der Waals surface area (Å²) in [6.07, 6.45) is 1.58. The maximum Gasteiger partial charge on any atom is 0.369 e. The Bertz CT molecular complexity index is 364. The summed E-state index contributed by atoms with van der Waals surface area (Å²) in [5, 5.41) is 0.563. The number of fused-ring (bicyclic) bond motifs is 1. The van der Waals surface area contributed by atoms with E-state index < -0.39 is 6.03 Å². The number of amides is 2. The Kier molecular flexibility index (Phi) is 1.96. The van der Waals surface area contributed by atoms with Gasteiger partial charge in [0.05, 0.1) is 0 Å². The van der Waals surface area contributed by atoms with Crippen LogP contribution in [0.5, 0.6) is 0 Å². The summed E-state index contributed by atoms with van der Waals surface area (Å²) in [6.45, 7) is 0. The molecule has 0 N–H and O–H groups in total. The molecule has 2 amide bonds. The van der Waals surface area contributed by atoms with Crippen LogP contribution in [0.3, 0.4) is 0 Å². The molecule has 2 rings (SSSR count). The highest BCUT2D eigenvalue weighted by Gasteiger charge is 2.02. The lowest BCUT2D eigenvalue weighted by Crippen LogP contribution is -2.23. The Morgan fingerprint density at radius 1 is 1.27 bits per heavy atom. The van der Waals surface area contributed by atoms with Crippen LogP contribution < -0.4 is 10.8 Å². The van der Waals surface area contributed by atoms with Crippen LogP contribution in [0.25, 0.3) is 0 Å². The van der Waals surface area contributed by atoms with Crippen LogP contribution in [0.4, 0.5) is 4.79 Å². The van der Waals surface area contributed by atoms with Crippen LogP contribution in [-0.2, 0) is 0 Å². The lowest BCUT2D eigenvalue weighted by atomic mass is 10.5. The van der Waals surface area contributed by atoms with Crippen LogP contribution in [0, 0.1) is 0 Å². The summed E-state index contributed by atoms with van der Waals surface area (Å²) in [5.41, 5.74) is 0.424. The van der Waals surface area contributed by atoms with Crippen molar-refractivity contribution in [3.8, 4) is 0 Å². The fourth-order valence-electron chi connectivity index (χ4n) is 0.781. The molecule has 0 saturated heterocycles. The van der Waals surface area contributed by atoms with E-state index in [1.54, 1.807) is 18.3 Å². The van der Waals surface area contributed by atoms with E-state index in [0.29, 0.717) is 10.8 Å². The maximum atomic E-state index is 10.5. The van der Waals surface area contributed by atoms with Gasteiger partial charge in [-0.05, 0) is 12.1 Å². The predicted molar refractivity (Wildman–Crippen MR) is 39.2 cm³/mol. The van der Waals surface area contributed by atoms with E-state index in [9.17, 15) is 4.79 Å². The molecule has 0 saturated carbocycles. The first-order valence-corrected chi connectivity index (χ1v) is 2.79. The monoisotopic (exact) mass is 169 g/mol. The van der Waals surface area contributed by atoms with E-state index in [-0.39, 0.29) is 12.4 Å². The number of pyridine rings is 1. The summed E-state index contributed by atoms with van der Waals surface area (Å²) < 4.78 is 0. The highest BCUT2D eigenvalue weighted by atomic mass is 35.5. The second-order valence-corrected chi connectivity index (χ2v) is 1.85. The molecule has 4 nitrogen and oxygen atoms in total. The van der Waals surface area contributed by atoms with Gasteiger partial charge in [-0.15, -0.1) is 12.4 Å². The van der Waals surface area contributed by atoms with Crippen molar-refractivity contribution >= 4 is 18.4 Å². The van der Waals surface area contributed by atoms with Crippen LogP contribution >= 0.6 is 12.4 Å². The molecule has 2 heterocycles. The predicted octanol–water partition coefficient (Wildman–Crippen LogP) is -0.124. The highest BCUT2D eigenvalue weighted by Crippen LogP contribution is 1.80. The summed E-state index contributed by atoms with van der Waals surface area (Å²) in [6, 6.07) is 2.96. The van der Waals surface area contributed by atoms with Gasteiger partial charge in [-0.3, -0.25) is 0 Å². The van der Waals surface area contributed by atoms with Crippen molar-refractivity contribution in [2.24, 2.45) is 9.98 Å². The topological polar surface area (TPSA) is 54.7 Å². The molecule has 1 aliphatic rings. The first kappa shape index (κ1) is 7.81. The molecule has 5 heteroatoms. The van der Waals surface area contributed by atoms with E-state index in [1.807, 2.05) is 0 Å². The minimum atomic E-state index is -0.464. The molecular weight excluding hydrogens is 166 g/mol. The Balaban J connectivity index is 0.000000605. The Morgan fingerprint density at radius 2 is 2.09 bits per heavy atom. The van der Waals surface area contributed by atoms with Gasteiger partial charge < -0.3 is 0 Å². The molecule has 0 aliphatic carbocycles. The molecule has 0 fully saturated rings. The summed E-state index contributed by atoms with van der Waals surface area (Å²) >= 11 is 0. The maximum absolute atomic E-state index is 10.5. The van der Waals surface area contributed by atoms with Gasteiger partial charge in [0.1, 0.15) is 5.36 Å². The first-order valence-electron chi connectivity index (χ1n) is 2.79. The third kappa shape index (κ3) is 1.25. The summed E-state index contributed by atoms with van der Waals surface area (Å²) in [5.74, 6) is 0. The van der Waals surface area contributed by atoms with Gasteiger partial charge in [-0.2, -0.15) is 9.98 Å². The molecule has 0 bridgehead atoms. The van der Waals surface area contributed by atoms with Crippen molar-refractivity contribution in [2.45, 2.75) is 0 Å². The summed E-state index contributed by atoms with van der Waals surface area (Å²) in [7, 11) is 0. The largest absolute Gasteiger partial charge is 0.369 e. The van der Waals surface area contributed by atoms with E-state index in [0.717, 1.165) is 0 Å². The fourth-order valence-corrected chi connectivity index (χ4v) is 0.781.